The molecule has 5 heteroatoms. The summed E-state index contributed by atoms with van der Waals surface area (Å²) in [7, 11) is 0. The van der Waals surface area contributed by atoms with Gasteiger partial charge < -0.3 is 5.32 Å². The molecular weight excluding hydrogens is 256 g/mol. The van der Waals surface area contributed by atoms with Crippen LogP contribution in [0.25, 0.3) is 0 Å². The van der Waals surface area contributed by atoms with Crippen molar-refractivity contribution >= 4 is 11.8 Å². The number of aromatic nitrogens is 3. The van der Waals surface area contributed by atoms with Gasteiger partial charge in [-0.3, -0.25) is 5.10 Å². The summed E-state index contributed by atoms with van der Waals surface area (Å²) in [5.74, 6) is 0.957. The van der Waals surface area contributed by atoms with Crippen molar-refractivity contribution in [1.29, 1.82) is 0 Å². The second kappa shape index (κ2) is 7.31. The maximum absolute atomic E-state index is 4.11. The summed E-state index contributed by atoms with van der Waals surface area (Å²) in [5, 5.41) is 10.2. The van der Waals surface area contributed by atoms with E-state index in [1.807, 2.05) is 0 Å². The van der Waals surface area contributed by atoms with Gasteiger partial charge in [0.2, 0.25) is 0 Å². The third kappa shape index (κ3) is 4.36. The third-order valence-electron chi connectivity index (χ3n) is 3.12. The zero-order chi connectivity index (χ0) is 13.5. The number of aromatic amines is 1. The molecule has 19 heavy (non-hydrogen) atoms. The van der Waals surface area contributed by atoms with Gasteiger partial charge in [0.05, 0.1) is 0 Å². The van der Waals surface area contributed by atoms with Gasteiger partial charge in [0.25, 0.3) is 0 Å². The van der Waals surface area contributed by atoms with Gasteiger partial charge in [0.15, 0.2) is 0 Å². The molecule has 0 spiro atoms. The van der Waals surface area contributed by atoms with Crippen LogP contribution in [-0.4, -0.2) is 28.0 Å². The highest BCUT2D eigenvalue weighted by molar-refractivity contribution is 7.98. The molecule has 2 rings (SSSR count). The maximum atomic E-state index is 4.11. The molecule has 0 saturated carbocycles. The molecule has 4 nitrogen and oxygen atoms in total. The molecule has 0 radical (unpaired) electrons. The highest BCUT2D eigenvalue weighted by atomic mass is 32.2. The largest absolute Gasteiger partial charge is 0.310 e. The Morgan fingerprint density at radius 2 is 2.11 bits per heavy atom. The number of hydrogen-bond donors (Lipinski definition) is 2. The minimum Gasteiger partial charge on any atom is -0.310 e. The van der Waals surface area contributed by atoms with Gasteiger partial charge in [0, 0.05) is 17.4 Å². The SMILES string of the molecule is CSc1ccc(C(C)NCCCc2ncn[nH]2)cc1. The zero-order valence-corrected chi connectivity index (χ0v) is 12.2. The van der Waals surface area contributed by atoms with E-state index in [0.717, 1.165) is 25.2 Å². The van der Waals surface area contributed by atoms with Crippen LogP contribution in [-0.2, 0) is 6.42 Å². The summed E-state index contributed by atoms with van der Waals surface area (Å²) in [5.41, 5.74) is 1.33. The van der Waals surface area contributed by atoms with E-state index in [4.69, 9.17) is 0 Å². The highest BCUT2D eigenvalue weighted by Crippen LogP contribution is 2.18. The molecule has 0 aliphatic rings. The molecule has 0 aliphatic carbocycles. The van der Waals surface area contributed by atoms with Crippen molar-refractivity contribution in [2.24, 2.45) is 0 Å². The number of rotatable bonds is 7. The van der Waals surface area contributed by atoms with Crippen molar-refractivity contribution in [1.82, 2.24) is 20.5 Å². The van der Waals surface area contributed by atoms with Crippen LogP contribution >= 0.6 is 11.8 Å². The van der Waals surface area contributed by atoms with Crippen LogP contribution < -0.4 is 5.32 Å². The molecule has 1 unspecified atom stereocenters. The number of H-pyrrole nitrogens is 1. The predicted octanol–water partition coefficient (Wildman–Crippen LogP) is 2.81. The second-order valence-corrected chi connectivity index (χ2v) is 5.36. The van der Waals surface area contributed by atoms with Gasteiger partial charge in [0.1, 0.15) is 12.2 Å². The third-order valence-corrected chi connectivity index (χ3v) is 3.87. The Morgan fingerprint density at radius 1 is 1.32 bits per heavy atom. The standard InChI is InChI=1S/C14H20N4S/c1-11(12-5-7-13(19-2)8-6-12)15-9-3-4-14-16-10-17-18-14/h5-8,10-11,15H,3-4,9H2,1-2H3,(H,16,17,18). The molecule has 0 bridgehead atoms. The van der Waals surface area contributed by atoms with Gasteiger partial charge in [-0.05, 0) is 43.8 Å². The number of nitrogens with one attached hydrogen (secondary N) is 2. The first kappa shape index (κ1) is 14.1. The summed E-state index contributed by atoms with van der Waals surface area (Å²) < 4.78 is 0. The van der Waals surface area contributed by atoms with E-state index in [2.05, 4.69) is 57.9 Å². The van der Waals surface area contributed by atoms with E-state index < -0.39 is 0 Å². The molecule has 2 aromatic rings. The Balaban J connectivity index is 1.72. The van der Waals surface area contributed by atoms with Crippen molar-refractivity contribution < 1.29 is 0 Å². The van der Waals surface area contributed by atoms with Crippen molar-refractivity contribution in [3.63, 3.8) is 0 Å². The number of hydrogen-bond acceptors (Lipinski definition) is 4. The smallest absolute Gasteiger partial charge is 0.137 e. The Labute approximate surface area is 118 Å². The van der Waals surface area contributed by atoms with Gasteiger partial charge in [-0.2, -0.15) is 5.10 Å². The van der Waals surface area contributed by atoms with Gasteiger partial charge in [-0.25, -0.2) is 4.98 Å². The molecule has 0 amide bonds. The van der Waals surface area contributed by atoms with E-state index in [1.165, 1.54) is 10.5 Å². The minimum absolute atomic E-state index is 0.380. The molecule has 1 heterocycles. The number of benzene rings is 1. The lowest BCUT2D eigenvalue weighted by Gasteiger charge is -2.14. The molecular formula is C14H20N4S. The van der Waals surface area contributed by atoms with Crippen molar-refractivity contribution in [3.05, 3.63) is 42.0 Å². The lowest BCUT2D eigenvalue weighted by atomic mass is 10.1. The van der Waals surface area contributed by atoms with Crippen molar-refractivity contribution in [2.75, 3.05) is 12.8 Å². The van der Waals surface area contributed by atoms with Gasteiger partial charge in [-0.15, -0.1) is 11.8 Å². The fourth-order valence-corrected chi connectivity index (χ4v) is 2.34. The molecule has 2 N–H and O–H groups in total. The monoisotopic (exact) mass is 276 g/mol. The van der Waals surface area contributed by atoms with Crippen molar-refractivity contribution in [3.8, 4) is 0 Å². The number of aryl methyl sites for hydroxylation is 1. The van der Waals surface area contributed by atoms with E-state index in [9.17, 15) is 0 Å². The van der Waals surface area contributed by atoms with Crippen molar-refractivity contribution in [2.45, 2.75) is 30.7 Å². The number of nitrogens with zero attached hydrogens (tertiary/aromatic N) is 2. The molecule has 0 fully saturated rings. The van der Waals surface area contributed by atoms with Crippen LogP contribution in [0, 0.1) is 0 Å². The molecule has 1 aromatic heterocycles. The first-order valence-corrected chi connectivity index (χ1v) is 7.73. The van der Waals surface area contributed by atoms with Gasteiger partial charge >= 0.3 is 0 Å². The quantitative estimate of drug-likeness (QED) is 0.603. The van der Waals surface area contributed by atoms with E-state index in [-0.39, 0.29) is 0 Å². The summed E-state index contributed by atoms with van der Waals surface area (Å²) in [6.45, 7) is 3.18. The fourth-order valence-electron chi connectivity index (χ4n) is 1.94. The van der Waals surface area contributed by atoms with Gasteiger partial charge in [-0.1, -0.05) is 12.1 Å². The van der Waals surface area contributed by atoms with E-state index in [0.29, 0.717) is 6.04 Å². The van der Waals surface area contributed by atoms with Crippen LogP contribution in [0.3, 0.4) is 0 Å². The summed E-state index contributed by atoms with van der Waals surface area (Å²) in [4.78, 5) is 5.42. The van der Waals surface area contributed by atoms with E-state index >= 15 is 0 Å². The normalized spacial score (nSPS) is 12.5. The van der Waals surface area contributed by atoms with Crippen LogP contribution in [0.1, 0.15) is 30.8 Å². The predicted molar refractivity (Wildman–Crippen MR) is 79.3 cm³/mol. The average molecular weight is 276 g/mol. The molecule has 1 aromatic carbocycles. The first-order chi connectivity index (χ1) is 9.29. The lowest BCUT2D eigenvalue weighted by Crippen LogP contribution is -2.20. The minimum atomic E-state index is 0.380. The molecule has 1 atom stereocenters. The lowest BCUT2D eigenvalue weighted by molar-refractivity contribution is 0.554. The fraction of sp³-hybridized carbons (Fsp3) is 0.429. The van der Waals surface area contributed by atoms with Crippen LogP contribution in [0.5, 0.6) is 0 Å². The van der Waals surface area contributed by atoms with Crippen LogP contribution in [0.2, 0.25) is 0 Å². The first-order valence-electron chi connectivity index (χ1n) is 6.51. The second-order valence-electron chi connectivity index (χ2n) is 4.48. The van der Waals surface area contributed by atoms with E-state index in [1.54, 1.807) is 18.1 Å². The Kier molecular flexibility index (Phi) is 5.42. The maximum Gasteiger partial charge on any atom is 0.137 e. The molecule has 0 aliphatic heterocycles. The molecule has 102 valence electrons. The highest BCUT2D eigenvalue weighted by Gasteiger charge is 2.04. The zero-order valence-electron chi connectivity index (χ0n) is 11.4. The van der Waals surface area contributed by atoms with Crippen LogP contribution in [0.15, 0.2) is 35.5 Å². The average Bonchev–Trinajstić information content (AvgIpc) is 2.96. The topological polar surface area (TPSA) is 53.6 Å². The number of thioether (sulfide) groups is 1. The van der Waals surface area contributed by atoms with Crippen LogP contribution in [0.4, 0.5) is 0 Å². The Bertz CT molecular complexity index is 467. The Morgan fingerprint density at radius 3 is 2.74 bits per heavy atom. The summed E-state index contributed by atoms with van der Waals surface area (Å²) >= 11 is 1.77. The summed E-state index contributed by atoms with van der Waals surface area (Å²) in [6.07, 6.45) is 5.65. The Hall–Kier alpha value is -1.33. The molecule has 0 saturated heterocycles. The summed E-state index contributed by atoms with van der Waals surface area (Å²) in [6, 6.07) is 9.12.